The molecule has 1 aromatic rings. The summed E-state index contributed by atoms with van der Waals surface area (Å²) in [5.74, 6) is -0.145. The summed E-state index contributed by atoms with van der Waals surface area (Å²) in [5, 5.41) is 19.4. The standard InChI is InChI=1S/C19H20N6OS2/c1-22-18(26)15-4-3-14(28-15)17(21)12(8-20)11-2-5-16-24-9-13(25(16)10-11)19-23-6-7-27-19/h2-10,16,19-20,23-24H,21H2,1H3,(H,22,26). The minimum absolute atomic E-state index is 0.0524. The lowest BCUT2D eigenvalue weighted by Crippen LogP contribution is -2.37. The van der Waals surface area contributed by atoms with Crippen LogP contribution in [0.25, 0.3) is 5.70 Å². The highest BCUT2D eigenvalue weighted by molar-refractivity contribution is 8.03. The Labute approximate surface area is 171 Å². The maximum Gasteiger partial charge on any atom is 0.261 e. The van der Waals surface area contributed by atoms with Crippen molar-refractivity contribution in [3.63, 3.8) is 0 Å². The summed E-state index contributed by atoms with van der Waals surface area (Å²) in [6, 6.07) is 3.56. The molecule has 3 aliphatic rings. The lowest BCUT2D eigenvalue weighted by Gasteiger charge is -2.30. The van der Waals surface area contributed by atoms with Crippen LogP contribution >= 0.6 is 23.1 Å². The highest BCUT2D eigenvalue weighted by atomic mass is 32.2. The van der Waals surface area contributed by atoms with Crippen molar-refractivity contribution >= 4 is 40.9 Å². The first-order valence-electron chi connectivity index (χ1n) is 8.66. The first-order valence-corrected chi connectivity index (χ1v) is 10.4. The first-order chi connectivity index (χ1) is 13.6. The van der Waals surface area contributed by atoms with Crippen LogP contribution in [0.3, 0.4) is 0 Å². The third kappa shape index (κ3) is 3.23. The van der Waals surface area contributed by atoms with Crippen LogP contribution in [-0.2, 0) is 0 Å². The molecule has 2 unspecified atom stereocenters. The molecule has 0 aromatic carbocycles. The normalized spacial score (nSPS) is 23.2. The molecular weight excluding hydrogens is 392 g/mol. The van der Waals surface area contributed by atoms with E-state index in [1.54, 1.807) is 24.9 Å². The van der Waals surface area contributed by atoms with Gasteiger partial charge in [0.25, 0.3) is 5.91 Å². The third-order valence-electron chi connectivity index (χ3n) is 4.60. The Hall–Kier alpha value is -2.91. The van der Waals surface area contributed by atoms with E-state index < -0.39 is 0 Å². The van der Waals surface area contributed by atoms with Crippen molar-refractivity contribution in [2.75, 3.05) is 7.05 Å². The van der Waals surface area contributed by atoms with Crippen molar-refractivity contribution in [1.29, 1.82) is 5.41 Å². The molecular formula is C19H20N6OS2. The van der Waals surface area contributed by atoms with E-state index in [0.29, 0.717) is 16.1 Å². The highest BCUT2D eigenvalue weighted by Gasteiger charge is 2.31. The Bertz CT molecular complexity index is 963. The van der Waals surface area contributed by atoms with Gasteiger partial charge in [-0.1, -0.05) is 6.08 Å². The predicted octanol–water partition coefficient (Wildman–Crippen LogP) is 2.09. The van der Waals surface area contributed by atoms with E-state index in [1.807, 2.05) is 42.2 Å². The summed E-state index contributed by atoms with van der Waals surface area (Å²) in [4.78, 5) is 15.3. The lowest BCUT2D eigenvalue weighted by atomic mass is 10.0. The fourth-order valence-electron chi connectivity index (χ4n) is 3.16. The Morgan fingerprint density at radius 3 is 2.89 bits per heavy atom. The average Bonchev–Trinajstić information content (AvgIpc) is 3.47. The van der Waals surface area contributed by atoms with E-state index >= 15 is 0 Å². The van der Waals surface area contributed by atoms with Crippen LogP contribution in [0.2, 0.25) is 0 Å². The zero-order valence-corrected chi connectivity index (χ0v) is 16.7. The van der Waals surface area contributed by atoms with E-state index in [9.17, 15) is 4.79 Å². The molecule has 0 spiro atoms. The van der Waals surface area contributed by atoms with Crippen molar-refractivity contribution in [2.24, 2.45) is 5.73 Å². The summed E-state index contributed by atoms with van der Waals surface area (Å²) >= 11 is 3.02. The highest BCUT2D eigenvalue weighted by Crippen LogP contribution is 2.33. The van der Waals surface area contributed by atoms with Crippen LogP contribution < -0.4 is 21.7 Å². The largest absolute Gasteiger partial charge is 0.397 e. The number of hydrogen-bond donors (Lipinski definition) is 5. The lowest BCUT2D eigenvalue weighted by molar-refractivity contribution is 0.0967. The number of thioether (sulfide) groups is 1. The molecule has 0 saturated carbocycles. The minimum Gasteiger partial charge on any atom is -0.397 e. The second kappa shape index (κ2) is 7.61. The molecule has 3 aliphatic heterocycles. The average molecular weight is 413 g/mol. The number of carbonyl (C=O) groups excluding carboxylic acids is 1. The Morgan fingerprint density at radius 1 is 1.36 bits per heavy atom. The second-order valence-corrected chi connectivity index (χ2v) is 8.33. The Kier molecular flexibility index (Phi) is 5.01. The van der Waals surface area contributed by atoms with Crippen LogP contribution in [0, 0.1) is 5.41 Å². The fraction of sp³-hybridized carbons (Fsp3) is 0.158. The van der Waals surface area contributed by atoms with Gasteiger partial charge in [-0.15, -0.1) is 23.1 Å². The number of amides is 1. The van der Waals surface area contributed by atoms with Crippen LogP contribution in [0.4, 0.5) is 0 Å². The number of rotatable bonds is 5. The Morgan fingerprint density at radius 2 is 2.18 bits per heavy atom. The summed E-state index contributed by atoms with van der Waals surface area (Å²) in [6.45, 7) is 0. The number of nitrogens with one attached hydrogen (secondary N) is 4. The molecule has 9 heteroatoms. The van der Waals surface area contributed by atoms with Gasteiger partial charge < -0.3 is 32.0 Å². The maximum absolute atomic E-state index is 11.8. The molecule has 0 bridgehead atoms. The van der Waals surface area contributed by atoms with Gasteiger partial charge in [0.1, 0.15) is 11.5 Å². The van der Waals surface area contributed by atoms with Gasteiger partial charge in [-0.2, -0.15) is 0 Å². The first kappa shape index (κ1) is 18.5. The van der Waals surface area contributed by atoms with Gasteiger partial charge in [0, 0.05) is 43.0 Å². The summed E-state index contributed by atoms with van der Waals surface area (Å²) in [5.41, 5.74) is 9.46. The molecule has 6 N–H and O–H groups in total. The zero-order valence-electron chi connectivity index (χ0n) is 15.1. The fourth-order valence-corrected chi connectivity index (χ4v) is 4.89. The van der Waals surface area contributed by atoms with Crippen molar-refractivity contribution in [2.45, 2.75) is 11.5 Å². The number of hydrogen-bond acceptors (Lipinski definition) is 8. The minimum atomic E-state index is -0.145. The molecule has 2 atom stereocenters. The maximum atomic E-state index is 11.8. The Balaban J connectivity index is 1.65. The zero-order chi connectivity index (χ0) is 19.7. The van der Waals surface area contributed by atoms with Gasteiger partial charge in [0.2, 0.25) is 0 Å². The van der Waals surface area contributed by atoms with Crippen LogP contribution in [-0.4, -0.2) is 35.6 Å². The van der Waals surface area contributed by atoms with Gasteiger partial charge in [-0.05, 0) is 23.6 Å². The van der Waals surface area contributed by atoms with E-state index in [-0.39, 0.29) is 17.4 Å². The number of fused-ring (bicyclic) bond motifs is 1. The van der Waals surface area contributed by atoms with Gasteiger partial charge in [-0.3, -0.25) is 4.79 Å². The van der Waals surface area contributed by atoms with Crippen molar-refractivity contribution in [3.05, 3.63) is 74.9 Å². The van der Waals surface area contributed by atoms with E-state index in [1.165, 1.54) is 17.6 Å². The van der Waals surface area contributed by atoms with Crippen LogP contribution in [0.5, 0.6) is 0 Å². The second-order valence-electron chi connectivity index (χ2n) is 6.23. The van der Waals surface area contributed by atoms with Gasteiger partial charge >= 0.3 is 0 Å². The molecule has 0 radical (unpaired) electrons. The van der Waals surface area contributed by atoms with E-state index in [0.717, 1.165) is 16.1 Å². The molecule has 0 saturated heterocycles. The number of allylic oxidation sites excluding steroid dienone is 3. The van der Waals surface area contributed by atoms with Crippen molar-refractivity contribution in [1.82, 2.24) is 20.9 Å². The molecule has 4 heterocycles. The topological polar surface area (TPSA) is 106 Å². The number of nitrogens with zero attached hydrogens (tertiary/aromatic N) is 1. The summed E-state index contributed by atoms with van der Waals surface area (Å²) < 4.78 is 0. The number of carbonyl (C=O) groups is 1. The van der Waals surface area contributed by atoms with Crippen LogP contribution in [0.1, 0.15) is 14.5 Å². The molecule has 4 rings (SSSR count). The van der Waals surface area contributed by atoms with E-state index in [2.05, 4.69) is 20.9 Å². The molecule has 28 heavy (non-hydrogen) atoms. The van der Waals surface area contributed by atoms with Crippen molar-refractivity contribution in [3.8, 4) is 0 Å². The van der Waals surface area contributed by atoms with Crippen molar-refractivity contribution < 1.29 is 4.79 Å². The molecule has 0 fully saturated rings. The third-order valence-corrected chi connectivity index (χ3v) is 6.66. The smallest absolute Gasteiger partial charge is 0.261 e. The quantitative estimate of drug-likeness (QED) is 0.474. The van der Waals surface area contributed by atoms with E-state index in [4.69, 9.17) is 11.1 Å². The molecule has 144 valence electrons. The SMILES string of the molecule is CNC(=O)c1ccc(C(N)=C(C=N)C2=CN3C(C4NC=CS4)=CNC3C=C2)s1. The number of nitrogens with two attached hydrogens (primary N) is 1. The number of thiophene rings is 1. The molecule has 1 aromatic heterocycles. The van der Waals surface area contributed by atoms with Gasteiger partial charge in [0.05, 0.1) is 21.1 Å². The van der Waals surface area contributed by atoms with Gasteiger partial charge in [0.15, 0.2) is 0 Å². The van der Waals surface area contributed by atoms with Gasteiger partial charge in [-0.25, -0.2) is 0 Å². The predicted molar refractivity (Wildman–Crippen MR) is 115 cm³/mol. The summed E-state index contributed by atoms with van der Waals surface area (Å²) in [6.07, 6.45) is 11.3. The monoisotopic (exact) mass is 412 g/mol. The molecule has 7 nitrogen and oxygen atoms in total. The molecule has 1 amide bonds. The van der Waals surface area contributed by atoms with Crippen LogP contribution in [0.15, 0.2) is 65.1 Å². The molecule has 0 aliphatic carbocycles. The summed E-state index contributed by atoms with van der Waals surface area (Å²) in [7, 11) is 1.60.